The molecule has 0 fully saturated rings. The second-order valence-electron chi connectivity index (χ2n) is 7.70. The minimum Gasteiger partial charge on any atom is -0.354 e. The third-order valence-corrected chi connectivity index (χ3v) is 5.10. The summed E-state index contributed by atoms with van der Waals surface area (Å²) in [6, 6.07) is 10.6. The SMILES string of the molecule is CN=C(NCc1ccccc1-n1nc(C)cc1C)NCC(c1cnn(C)c1)N(C)C. The van der Waals surface area contributed by atoms with Gasteiger partial charge in [-0.2, -0.15) is 10.2 Å². The number of likely N-dealkylation sites (N-methyl/N-ethyl adjacent to an activating group) is 1. The highest BCUT2D eigenvalue weighted by molar-refractivity contribution is 5.79. The number of guanidine groups is 1. The number of benzene rings is 1. The highest BCUT2D eigenvalue weighted by atomic mass is 15.3. The summed E-state index contributed by atoms with van der Waals surface area (Å²) in [6.07, 6.45) is 3.96. The standard InChI is InChI=1S/C22H32N8/c1-16-11-17(2)30(27-16)20-10-8-7-9-18(20)12-24-22(23-3)25-14-21(28(4)5)19-13-26-29(6)15-19/h7-11,13,15,21H,12,14H2,1-6H3,(H2,23,24,25). The van der Waals surface area contributed by atoms with Gasteiger partial charge >= 0.3 is 0 Å². The van der Waals surface area contributed by atoms with Gasteiger partial charge in [0.15, 0.2) is 5.96 Å². The van der Waals surface area contributed by atoms with Crippen LogP contribution in [0.5, 0.6) is 0 Å². The molecule has 0 aliphatic carbocycles. The Kier molecular flexibility index (Phi) is 6.89. The Bertz CT molecular complexity index is 998. The van der Waals surface area contributed by atoms with Crippen molar-refractivity contribution in [2.75, 3.05) is 27.7 Å². The molecule has 160 valence electrons. The van der Waals surface area contributed by atoms with Crippen molar-refractivity contribution < 1.29 is 0 Å². The Hall–Kier alpha value is -3.13. The third-order valence-electron chi connectivity index (χ3n) is 5.10. The molecule has 1 atom stereocenters. The summed E-state index contributed by atoms with van der Waals surface area (Å²) in [7, 11) is 7.86. The van der Waals surface area contributed by atoms with Crippen molar-refractivity contribution in [3.8, 4) is 5.69 Å². The van der Waals surface area contributed by atoms with Gasteiger partial charge in [0.2, 0.25) is 0 Å². The fourth-order valence-electron chi connectivity index (χ4n) is 3.54. The van der Waals surface area contributed by atoms with E-state index in [1.54, 1.807) is 7.05 Å². The zero-order chi connectivity index (χ0) is 21.7. The third kappa shape index (κ3) is 5.07. The molecular formula is C22H32N8. The highest BCUT2D eigenvalue weighted by Gasteiger charge is 2.16. The maximum Gasteiger partial charge on any atom is 0.191 e. The average molecular weight is 409 g/mol. The number of aromatic nitrogens is 4. The van der Waals surface area contributed by atoms with Gasteiger partial charge < -0.3 is 15.5 Å². The van der Waals surface area contributed by atoms with E-state index in [1.807, 2.05) is 47.9 Å². The lowest BCUT2D eigenvalue weighted by atomic mass is 10.1. The molecule has 1 aromatic carbocycles. The molecule has 0 radical (unpaired) electrons. The molecule has 3 rings (SSSR count). The normalized spacial score (nSPS) is 13.0. The van der Waals surface area contributed by atoms with Crippen LogP contribution >= 0.6 is 0 Å². The van der Waals surface area contributed by atoms with Crippen LogP contribution in [0.3, 0.4) is 0 Å². The summed E-state index contributed by atoms with van der Waals surface area (Å²) >= 11 is 0. The van der Waals surface area contributed by atoms with E-state index in [-0.39, 0.29) is 6.04 Å². The molecule has 2 heterocycles. The van der Waals surface area contributed by atoms with Crippen molar-refractivity contribution in [2.45, 2.75) is 26.4 Å². The van der Waals surface area contributed by atoms with Gasteiger partial charge in [0.25, 0.3) is 0 Å². The quantitative estimate of drug-likeness (QED) is 0.463. The smallest absolute Gasteiger partial charge is 0.191 e. The highest BCUT2D eigenvalue weighted by Crippen LogP contribution is 2.18. The maximum absolute atomic E-state index is 4.63. The van der Waals surface area contributed by atoms with Crippen molar-refractivity contribution in [1.29, 1.82) is 0 Å². The Morgan fingerprint density at radius 2 is 1.97 bits per heavy atom. The van der Waals surface area contributed by atoms with Crippen molar-refractivity contribution in [2.24, 2.45) is 12.0 Å². The Balaban J connectivity index is 1.67. The zero-order valence-electron chi connectivity index (χ0n) is 18.7. The molecule has 8 nitrogen and oxygen atoms in total. The fourth-order valence-corrected chi connectivity index (χ4v) is 3.54. The Morgan fingerprint density at radius 1 is 1.20 bits per heavy atom. The van der Waals surface area contributed by atoms with Crippen molar-refractivity contribution >= 4 is 5.96 Å². The van der Waals surface area contributed by atoms with Crippen LogP contribution in [0.15, 0.2) is 47.7 Å². The predicted octanol–water partition coefficient (Wildman–Crippen LogP) is 2.19. The number of nitrogens with one attached hydrogen (secondary N) is 2. The van der Waals surface area contributed by atoms with Crippen LogP contribution in [-0.4, -0.2) is 58.1 Å². The van der Waals surface area contributed by atoms with Crippen LogP contribution in [-0.2, 0) is 13.6 Å². The van der Waals surface area contributed by atoms with Gasteiger partial charge in [-0.15, -0.1) is 0 Å². The predicted molar refractivity (Wildman–Crippen MR) is 121 cm³/mol. The molecule has 0 saturated carbocycles. The van der Waals surface area contributed by atoms with Crippen LogP contribution in [0.2, 0.25) is 0 Å². The number of aryl methyl sites for hydroxylation is 3. The van der Waals surface area contributed by atoms with E-state index in [2.05, 4.69) is 69.9 Å². The number of hydrogen-bond acceptors (Lipinski definition) is 4. The summed E-state index contributed by atoms with van der Waals surface area (Å²) in [5, 5.41) is 15.8. The van der Waals surface area contributed by atoms with Crippen molar-refractivity contribution in [3.63, 3.8) is 0 Å². The molecule has 8 heteroatoms. The second kappa shape index (κ2) is 9.58. The molecule has 3 aromatic rings. The van der Waals surface area contributed by atoms with Crippen LogP contribution in [0.1, 0.15) is 28.6 Å². The van der Waals surface area contributed by atoms with E-state index in [4.69, 9.17) is 0 Å². The molecule has 0 saturated heterocycles. The van der Waals surface area contributed by atoms with Crippen LogP contribution in [0.25, 0.3) is 5.69 Å². The van der Waals surface area contributed by atoms with Gasteiger partial charge in [-0.25, -0.2) is 4.68 Å². The molecule has 0 aliphatic rings. The molecule has 2 aromatic heterocycles. The first kappa shape index (κ1) is 21.6. The summed E-state index contributed by atoms with van der Waals surface area (Å²) in [6.45, 7) is 5.45. The fraction of sp³-hybridized carbons (Fsp3) is 0.409. The molecular weight excluding hydrogens is 376 g/mol. The van der Waals surface area contributed by atoms with E-state index < -0.39 is 0 Å². The molecule has 30 heavy (non-hydrogen) atoms. The van der Waals surface area contributed by atoms with Crippen molar-refractivity contribution in [1.82, 2.24) is 35.1 Å². The van der Waals surface area contributed by atoms with E-state index in [9.17, 15) is 0 Å². The number of nitrogens with zero attached hydrogens (tertiary/aromatic N) is 6. The van der Waals surface area contributed by atoms with Gasteiger partial charge in [0.05, 0.1) is 23.6 Å². The van der Waals surface area contributed by atoms with Crippen LogP contribution in [0, 0.1) is 13.8 Å². The van der Waals surface area contributed by atoms with E-state index in [1.165, 1.54) is 5.56 Å². The van der Waals surface area contributed by atoms with Gasteiger partial charge in [0.1, 0.15) is 0 Å². The lowest BCUT2D eigenvalue weighted by Gasteiger charge is -2.24. The van der Waals surface area contributed by atoms with E-state index in [0.717, 1.165) is 35.1 Å². The summed E-state index contributed by atoms with van der Waals surface area (Å²) in [5.41, 5.74) is 5.53. The zero-order valence-corrected chi connectivity index (χ0v) is 18.7. The van der Waals surface area contributed by atoms with Crippen LogP contribution < -0.4 is 10.6 Å². The van der Waals surface area contributed by atoms with Gasteiger partial charge in [-0.1, -0.05) is 18.2 Å². The topological polar surface area (TPSA) is 75.3 Å². The molecule has 0 bridgehead atoms. The summed E-state index contributed by atoms with van der Waals surface area (Å²) in [4.78, 5) is 6.57. The summed E-state index contributed by atoms with van der Waals surface area (Å²) < 4.78 is 3.82. The van der Waals surface area contributed by atoms with Gasteiger partial charge in [-0.05, 0) is 45.6 Å². The molecule has 1 unspecified atom stereocenters. The number of hydrogen-bond donors (Lipinski definition) is 2. The van der Waals surface area contributed by atoms with Crippen molar-refractivity contribution in [3.05, 3.63) is 65.2 Å². The second-order valence-corrected chi connectivity index (χ2v) is 7.70. The lowest BCUT2D eigenvalue weighted by molar-refractivity contribution is 0.298. The van der Waals surface area contributed by atoms with Gasteiger partial charge in [-0.3, -0.25) is 9.67 Å². The Morgan fingerprint density at radius 3 is 2.57 bits per heavy atom. The van der Waals surface area contributed by atoms with Crippen LogP contribution in [0.4, 0.5) is 0 Å². The summed E-state index contributed by atoms with van der Waals surface area (Å²) in [5.74, 6) is 0.758. The molecule has 0 amide bonds. The first-order chi connectivity index (χ1) is 14.4. The first-order valence-corrected chi connectivity index (χ1v) is 10.1. The number of rotatable bonds is 7. The number of para-hydroxylation sites is 1. The minimum absolute atomic E-state index is 0.194. The number of aliphatic imine (C=N–C) groups is 1. The van der Waals surface area contributed by atoms with E-state index in [0.29, 0.717) is 6.54 Å². The lowest BCUT2D eigenvalue weighted by Crippen LogP contribution is -2.41. The first-order valence-electron chi connectivity index (χ1n) is 10.1. The van der Waals surface area contributed by atoms with Gasteiger partial charge in [0, 0.05) is 44.6 Å². The molecule has 0 aliphatic heterocycles. The minimum atomic E-state index is 0.194. The largest absolute Gasteiger partial charge is 0.354 e. The molecule has 2 N–H and O–H groups in total. The Labute approximate surface area is 178 Å². The average Bonchev–Trinajstić information content (AvgIpc) is 3.29. The maximum atomic E-state index is 4.63. The molecule has 0 spiro atoms. The monoisotopic (exact) mass is 408 g/mol. The van der Waals surface area contributed by atoms with E-state index >= 15 is 0 Å².